The van der Waals surface area contributed by atoms with Gasteiger partial charge in [0.15, 0.2) is 0 Å². The molecule has 0 bridgehead atoms. The molecule has 3 N–H and O–H groups in total. The van der Waals surface area contributed by atoms with E-state index in [2.05, 4.69) is 53.4 Å². The van der Waals surface area contributed by atoms with E-state index in [1.807, 2.05) is 71.0 Å². The third kappa shape index (κ3) is 11.6. The van der Waals surface area contributed by atoms with Gasteiger partial charge >= 0.3 is 6.09 Å². The fraction of sp³-hybridized carbons (Fsp3) is 0.484. The lowest BCUT2D eigenvalue weighted by Gasteiger charge is -2.24. The average molecular weight is 508 g/mol. The maximum absolute atomic E-state index is 12.3. The summed E-state index contributed by atoms with van der Waals surface area (Å²) in [7, 11) is 0. The predicted molar refractivity (Wildman–Crippen MR) is 151 cm³/mol. The molecule has 3 aromatic rings. The first-order valence-electron chi connectivity index (χ1n) is 13.2. The topological polar surface area (TPSA) is 87.2 Å². The second-order valence-corrected chi connectivity index (χ2v) is 11.1. The lowest BCUT2D eigenvalue weighted by molar-refractivity contribution is 0.0500. The number of H-pyrrole nitrogens is 1. The van der Waals surface area contributed by atoms with Crippen molar-refractivity contribution < 1.29 is 14.6 Å². The number of aromatic nitrogens is 2. The van der Waals surface area contributed by atoms with Crippen molar-refractivity contribution in [3.8, 4) is 0 Å². The second-order valence-electron chi connectivity index (χ2n) is 11.1. The number of nitrogens with one attached hydrogen (secondary N) is 2. The Morgan fingerprint density at radius 1 is 1.00 bits per heavy atom. The molecule has 0 aliphatic rings. The Bertz CT molecular complexity index is 1040. The molecule has 1 aromatic heterocycles. The van der Waals surface area contributed by atoms with E-state index in [4.69, 9.17) is 4.74 Å². The number of amides is 1. The van der Waals surface area contributed by atoms with E-state index >= 15 is 0 Å². The number of hydrogen-bond acceptors (Lipinski definition) is 4. The fourth-order valence-corrected chi connectivity index (χ4v) is 3.83. The van der Waals surface area contributed by atoms with Crippen LogP contribution in [0.4, 0.5) is 4.79 Å². The van der Waals surface area contributed by atoms with Crippen molar-refractivity contribution in [2.75, 3.05) is 0 Å². The molecule has 0 spiro atoms. The van der Waals surface area contributed by atoms with Gasteiger partial charge in [-0.15, -0.1) is 0 Å². The van der Waals surface area contributed by atoms with Crippen molar-refractivity contribution in [2.45, 2.75) is 91.4 Å². The number of aromatic amines is 1. The molecule has 3 atom stereocenters. The van der Waals surface area contributed by atoms with Crippen molar-refractivity contribution >= 4 is 6.09 Å². The Kier molecular flexibility index (Phi) is 11.9. The zero-order valence-electron chi connectivity index (χ0n) is 23.5. The van der Waals surface area contributed by atoms with Gasteiger partial charge in [0.2, 0.25) is 0 Å². The number of nitrogens with zero attached hydrogens (tertiary/aromatic N) is 1. The third-order valence-electron chi connectivity index (χ3n) is 5.97. The van der Waals surface area contributed by atoms with E-state index in [1.54, 1.807) is 6.20 Å². The van der Waals surface area contributed by atoms with Crippen LogP contribution in [-0.4, -0.2) is 32.8 Å². The van der Waals surface area contributed by atoms with Crippen molar-refractivity contribution in [1.29, 1.82) is 0 Å². The summed E-state index contributed by atoms with van der Waals surface area (Å²) in [5.41, 5.74) is 2.71. The summed E-state index contributed by atoms with van der Waals surface area (Å²) in [6, 6.07) is 20.4. The van der Waals surface area contributed by atoms with Crippen LogP contribution >= 0.6 is 0 Å². The number of imidazole rings is 1. The molecule has 3 rings (SSSR count). The van der Waals surface area contributed by atoms with Gasteiger partial charge in [-0.2, -0.15) is 0 Å². The number of carbonyl (C=O) groups excluding carboxylic acids is 1. The predicted octanol–water partition coefficient (Wildman–Crippen LogP) is 7.11. The molecule has 1 heterocycles. The van der Waals surface area contributed by atoms with E-state index in [9.17, 15) is 9.90 Å². The number of alkyl carbamates (subject to hydrolysis) is 1. The van der Waals surface area contributed by atoms with Crippen LogP contribution in [0.1, 0.15) is 89.1 Å². The number of aliphatic hydroxyl groups excluding tert-OH is 1. The first-order chi connectivity index (χ1) is 17.4. The van der Waals surface area contributed by atoms with Crippen LogP contribution in [-0.2, 0) is 11.2 Å². The fourth-order valence-electron chi connectivity index (χ4n) is 3.83. The van der Waals surface area contributed by atoms with Crippen molar-refractivity contribution in [2.24, 2.45) is 5.92 Å². The minimum Gasteiger partial charge on any atom is -0.444 e. The van der Waals surface area contributed by atoms with Gasteiger partial charge in [-0.05, 0) is 58.4 Å². The highest BCUT2D eigenvalue weighted by molar-refractivity contribution is 5.68. The maximum atomic E-state index is 12.3. The molecular weight excluding hydrogens is 462 g/mol. The van der Waals surface area contributed by atoms with Gasteiger partial charge in [0, 0.05) is 12.0 Å². The van der Waals surface area contributed by atoms with E-state index in [0.717, 1.165) is 30.8 Å². The van der Waals surface area contributed by atoms with Gasteiger partial charge in [-0.3, -0.25) is 0 Å². The second kappa shape index (κ2) is 14.6. The Morgan fingerprint density at radius 3 is 2.11 bits per heavy atom. The molecule has 0 saturated carbocycles. The zero-order chi connectivity index (χ0) is 27.4. The van der Waals surface area contributed by atoms with Crippen LogP contribution in [0.25, 0.3) is 0 Å². The molecule has 2 unspecified atom stereocenters. The summed E-state index contributed by atoms with van der Waals surface area (Å²) in [6.07, 6.45) is 3.16. The van der Waals surface area contributed by atoms with Crippen molar-refractivity contribution in [3.63, 3.8) is 0 Å². The number of aliphatic hydroxyl groups is 1. The van der Waals surface area contributed by atoms with Crippen LogP contribution in [0, 0.1) is 12.8 Å². The molecule has 0 saturated heterocycles. The average Bonchev–Trinajstić information content (AvgIpc) is 3.32. The third-order valence-corrected chi connectivity index (χ3v) is 5.97. The standard InChI is InChI=1S/C24H37N3O3.C7H8/c1-16(2)21(28)20-15-25-22(27-20)17(3)12-13-19(14-18-10-8-7-9-11-18)26-23(29)30-24(4,5)6;1-7-5-3-2-4-6-7/h7-11,15-17,19,21,28H,12-14H2,1-6H3,(H,25,27)(H,26,29);2-6H,1H3/t17?,19-,21?;/m1./s1. The molecule has 1 amide bonds. The van der Waals surface area contributed by atoms with E-state index in [1.165, 1.54) is 11.1 Å². The molecule has 202 valence electrons. The Labute approximate surface area is 222 Å². The quantitative estimate of drug-likeness (QED) is 0.288. The van der Waals surface area contributed by atoms with Crippen molar-refractivity contribution in [1.82, 2.24) is 15.3 Å². The van der Waals surface area contributed by atoms with E-state index in [0.29, 0.717) is 0 Å². The highest BCUT2D eigenvalue weighted by atomic mass is 16.6. The molecule has 6 heteroatoms. The van der Waals surface area contributed by atoms with E-state index in [-0.39, 0.29) is 17.9 Å². The Morgan fingerprint density at radius 2 is 1.59 bits per heavy atom. The molecule has 0 fully saturated rings. The molecular formula is C31H45N3O3. The Hall–Kier alpha value is -3.12. The molecule has 2 aromatic carbocycles. The van der Waals surface area contributed by atoms with Gasteiger partial charge in [-0.25, -0.2) is 9.78 Å². The van der Waals surface area contributed by atoms with Gasteiger partial charge in [0.25, 0.3) is 0 Å². The molecule has 0 aliphatic carbocycles. The number of rotatable bonds is 9. The minimum absolute atomic E-state index is 0.0413. The van der Waals surface area contributed by atoms with Gasteiger partial charge in [0.1, 0.15) is 11.4 Å². The number of benzene rings is 2. The van der Waals surface area contributed by atoms with Crippen molar-refractivity contribution in [3.05, 3.63) is 89.5 Å². The number of ether oxygens (including phenoxy) is 1. The SMILES string of the molecule is CC(CC[C@H](Cc1ccccc1)NC(=O)OC(C)(C)C)c1ncc(C(O)C(C)C)[nH]1.Cc1ccccc1. The van der Waals surface area contributed by atoms with Crippen LogP contribution in [0.2, 0.25) is 0 Å². The highest BCUT2D eigenvalue weighted by Gasteiger charge is 2.22. The largest absolute Gasteiger partial charge is 0.444 e. The number of aryl methyl sites for hydroxylation is 1. The normalized spacial score (nSPS) is 13.8. The summed E-state index contributed by atoms with van der Waals surface area (Å²) in [5.74, 6) is 1.17. The number of carbonyl (C=O) groups is 1. The lowest BCUT2D eigenvalue weighted by Crippen LogP contribution is -2.40. The summed E-state index contributed by atoms with van der Waals surface area (Å²) < 4.78 is 5.45. The monoisotopic (exact) mass is 507 g/mol. The lowest BCUT2D eigenvalue weighted by atomic mass is 9.96. The smallest absolute Gasteiger partial charge is 0.407 e. The first-order valence-corrected chi connectivity index (χ1v) is 13.2. The van der Waals surface area contributed by atoms with Crippen LogP contribution in [0.3, 0.4) is 0 Å². The van der Waals surface area contributed by atoms with Gasteiger partial charge in [0.05, 0.1) is 18.0 Å². The molecule has 0 aliphatic heterocycles. The molecule has 37 heavy (non-hydrogen) atoms. The maximum Gasteiger partial charge on any atom is 0.407 e. The van der Waals surface area contributed by atoms with Crippen LogP contribution in [0.15, 0.2) is 66.9 Å². The first kappa shape index (κ1) is 30.1. The van der Waals surface area contributed by atoms with Gasteiger partial charge < -0.3 is 20.1 Å². The van der Waals surface area contributed by atoms with Crippen LogP contribution in [0.5, 0.6) is 0 Å². The highest BCUT2D eigenvalue weighted by Crippen LogP contribution is 2.24. The zero-order valence-corrected chi connectivity index (χ0v) is 23.5. The minimum atomic E-state index is -0.543. The number of hydrogen-bond donors (Lipinski definition) is 3. The molecule has 0 radical (unpaired) electrons. The summed E-state index contributed by atoms with van der Waals surface area (Å²) >= 11 is 0. The Balaban J connectivity index is 0.000000591. The summed E-state index contributed by atoms with van der Waals surface area (Å²) in [6.45, 7) is 13.7. The van der Waals surface area contributed by atoms with Gasteiger partial charge in [-0.1, -0.05) is 87.0 Å². The van der Waals surface area contributed by atoms with Crippen LogP contribution < -0.4 is 5.32 Å². The summed E-state index contributed by atoms with van der Waals surface area (Å²) in [5, 5.41) is 13.3. The van der Waals surface area contributed by atoms with E-state index < -0.39 is 17.8 Å². The molecule has 6 nitrogen and oxygen atoms in total. The summed E-state index contributed by atoms with van der Waals surface area (Å²) in [4.78, 5) is 20.1.